The van der Waals surface area contributed by atoms with Crippen LogP contribution in [0.2, 0.25) is 0 Å². The molecule has 0 aromatic carbocycles. The molecule has 0 spiro atoms. The Balaban J connectivity index is 2.88. The van der Waals surface area contributed by atoms with Gasteiger partial charge in [-0.05, 0) is 32.4 Å². The quantitative estimate of drug-likeness (QED) is 0.769. The third-order valence-corrected chi connectivity index (χ3v) is 4.29. The summed E-state index contributed by atoms with van der Waals surface area (Å²) in [5.41, 5.74) is 0.542. The van der Waals surface area contributed by atoms with Crippen molar-refractivity contribution in [1.29, 1.82) is 0 Å². The van der Waals surface area contributed by atoms with Crippen molar-refractivity contribution in [3.05, 3.63) is 18.3 Å². The van der Waals surface area contributed by atoms with Crippen molar-refractivity contribution in [2.45, 2.75) is 51.1 Å². The van der Waals surface area contributed by atoms with Crippen LogP contribution in [0.4, 0.5) is 5.69 Å². The van der Waals surface area contributed by atoms with Crippen molar-refractivity contribution in [3.63, 3.8) is 0 Å². The largest absolute Gasteiger partial charge is 0.383 e. The van der Waals surface area contributed by atoms with Gasteiger partial charge in [0.15, 0.2) is 5.03 Å². The van der Waals surface area contributed by atoms with E-state index >= 15 is 0 Å². The lowest BCUT2D eigenvalue weighted by Gasteiger charge is -2.15. The fraction of sp³-hybridized carbons (Fsp3) is 0.615. The van der Waals surface area contributed by atoms with Gasteiger partial charge < -0.3 is 5.32 Å². The Hall–Kier alpha value is -1.14. The summed E-state index contributed by atoms with van der Waals surface area (Å²) in [6.45, 7) is 6.53. The van der Waals surface area contributed by atoms with Crippen LogP contribution in [0.3, 0.4) is 0 Å². The van der Waals surface area contributed by atoms with Gasteiger partial charge in [-0.15, -0.1) is 0 Å². The minimum atomic E-state index is -3.57. The van der Waals surface area contributed by atoms with Crippen LogP contribution < -0.4 is 10.0 Å². The summed E-state index contributed by atoms with van der Waals surface area (Å²) in [6, 6.07) is 3.36. The molecule has 0 radical (unpaired) electrons. The van der Waals surface area contributed by atoms with Crippen molar-refractivity contribution in [1.82, 2.24) is 9.71 Å². The average molecular weight is 285 g/mol. The summed E-state index contributed by atoms with van der Waals surface area (Å²) in [7, 11) is -3.57. The third-order valence-electron chi connectivity index (χ3n) is 2.74. The SMILES string of the molecule is CCCCC(C)NS(=O)(=O)c1ncccc1NCC. The Kier molecular flexibility index (Phi) is 6.24. The van der Waals surface area contributed by atoms with Crippen molar-refractivity contribution < 1.29 is 8.42 Å². The molecule has 1 aromatic rings. The molecule has 1 aromatic heterocycles. The second-order valence-electron chi connectivity index (χ2n) is 4.55. The lowest BCUT2D eigenvalue weighted by atomic mass is 10.2. The number of aromatic nitrogens is 1. The van der Waals surface area contributed by atoms with Crippen molar-refractivity contribution in [2.24, 2.45) is 0 Å². The molecular formula is C13H23N3O2S. The first-order valence-electron chi connectivity index (χ1n) is 6.72. The minimum absolute atomic E-state index is 0.0696. The normalized spacial score (nSPS) is 13.2. The number of unbranched alkanes of at least 4 members (excludes halogenated alkanes) is 1. The number of rotatable bonds is 8. The molecule has 0 bridgehead atoms. The molecule has 0 saturated carbocycles. The average Bonchev–Trinajstić information content (AvgIpc) is 2.37. The summed E-state index contributed by atoms with van der Waals surface area (Å²) in [5.74, 6) is 0. The zero-order valence-corrected chi connectivity index (χ0v) is 12.6. The minimum Gasteiger partial charge on any atom is -0.383 e. The Morgan fingerprint density at radius 1 is 1.37 bits per heavy atom. The first kappa shape index (κ1) is 15.9. The second kappa shape index (κ2) is 7.45. The summed E-state index contributed by atoms with van der Waals surface area (Å²) in [5, 5.41) is 3.09. The standard InChI is InChI=1S/C13H23N3O2S/c1-4-6-8-11(3)16-19(17,18)13-12(14-5-2)9-7-10-15-13/h7,9-11,14,16H,4-6,8H2,1-3H3. The van der Waals surface area contributed by atoms with Crippen LogP contribution in [-0.2, 0) is 10.0 Å². The number of anilines is 1. The highest BCUT2D eigenvalue weighted by molar-refractivity contribution is 7.89. The van der Waals surface area contributed by atoms with Crippen LogP contribution >= 0.6 is 0 Å². The number of pyridine rings is 1. The van der Waals surface area contributed by atoms with E-state index in [1.807, 2.05) is 13.8 Å². The summed E-state index contributed by atoms with van der Waals surface area (Å²) >= 11 is 0. The van der Waals surface area contributed by atoms with E-state index in [1.54, 1.807) is 12.1 Å². The molecule has 0 fully saturated rings. The monoisotopic (exact) mass is 285 g/mol. The van der Waals surface area contributed by atoms with E-state index < -0.39 is 10.0 Å². The van der Waals surface area contributed by atoms with Crippen molar-refractivity contribution in [3.8, 4) is 0 Å². The Morgan fingerprint density at radius 3 is 2.74 bits per heavy atom. The highest BCUT2D eigenvalue weighted by Crippen LogP contribution is 2.18. The van der Waals surface area contributed by atoms with Gasteiger partial charge in [0, 0.05) is 18.8 Å². The van der Waals surface area contributed by atoms with Gasteiger partial charge in [0.05, 0.1) is 5.69 Å². The molecule has 0 aliphatic carbocycles. The van der Waals surface area contributed by atoms with Gasteiger partial charge in [0.1, 0.15) is 0 Å². The van der Waals surface area contributed by atoms with Gasteiger partial charge in [-0.1, -0.05) is 19.8 Å². The molecule has 0 aliphatic heterocycles. The molecule has 19 heavy (non-hydrogen) atoms. The molecule has 0 saturated heterocycles. The smallest absolute Gasteiger partial charge is 0.260 e. The number of hydrogen-bond donors (Lipinski definition) is 2. The van der Waals surface area contributed by atoms with Gasteiger partial charge in [-0.3, -0.25) is 0 Å². The van der Waals surface area contributed by atoms with Crippen LogP contribution in [0.5, 0.6) is 0 Å². The highest BCUT2D eigenvalue weighted by atomic mass is 32.2. The molecule has 108 valence electrons. The maximum absolute atomic E-state index is 12.3. The van der Waals surface area contributed by atoms with E-state index in [1.165, 1.54) is 6.20 Å². The second-order valence-corrected chi connectivity index (χ2v) is 6.18. The first-order valence-corrected chi connectivity index (χ1v) is 8.20. The molecule has 1 rings (SSSR count). The van der Waals surface area contributed by atoms with E-state index in [4.69, 9.17) is 0 Å². The van der Waals surface area contributed by atoms with Gasteiger partial charge in [0.25, 0.3) is 10.0 Å². The maximum atomic E-state index is 12.3. The zero-order valence-electron chi connectivity index (χ0n) is 11.8. The molecule has 0 amide bonds. The molecule has 0 aliphatic rings. The summed E-state index contributed by atoms with van der Waals surface area (Å²) in [6.07, 6.45) is 4.38. The predicted molar refractivity (Wildman–Crippen MR) is 77.7 cm³/mol. The molecule has 1 heterocycles. The molecule has 5 nitrogen and oxygen atoms in total. The van der Waals surface area contributed by atoms with Crippen LogP contribution in [0.25, 0.3) is 0 Å². The number of nitrogens with one attached hydrogen (secondary N) is 2. The fourth-order valence-electron chi connectivity index (χ4n) is 1.82. The summed E-state index contributed by atoms with van der Waals surface area (Å²) in [4.78, 5) is 3.99. The molecule has 2 N–H and O–H groups in total. The Morgan fingerprint density at radius 2 is 2.11 bits per heavy atom. The van der Waals surface area contributed by atoms with Crippen LogP contribution in [0.1, 0.15) is 40.0 Å². The molecule has 6 heteroatoms. The van der Waals surface area contributed by atoms with Gasteiger partial charge in [-0.25, -0.2) is 18.1 Å². The number of hydrogen-bond acceptors (Lipinski definition) is 4. The third kappa shape index (κ3) is 4.80. The predicted octanol–water partition coefficient (Wildman–Crippen LogP) is 2.37. The lowest BCUT2D eigenvalue weighted by molar-refractivity contribution is 0.532. The Bertz CT molecular complexity index is 488. The summed E-state index contributed by atoms with van der Waals surface area (Å²) < 4.78 is 27.3. The number of sulfonamides is 1. The zero-order chi connectivity index (χ0) is 14.3. The number of nitrogens with zero attached hydrogens (tertiary/aromatic N) is 1. The maximum Gasteiger partial charge on any atom is 0.260 e. The van der Waals surface area contributed by atoms with Crippen molar-refractivity contribution in [2.75, 3.05) is 11.9 Å². The van der Waals surface area contributed by atoms with E-state index in [0.717, 1.165) is 19.3 Å². The molecule has 1 unspecified atom stereocenters. The topological polar surface area (TPSA) is 71.1 Å². The highest BCUT2D eigenvalue weighted by Gasteiger charge is 2.21. The van der Waals surface area contributed by atoms with Gasteiger partial charge in [-0.2, -0.15) is 0 Å². The van der Waals surface area contributed by atoms with Gasteiger partial charge in [0.2, 0.25) is 0 Å². The molecular weight excluding hydrogens is 262 g/mol. The molecule has 1 atom stereocenters. The Labute approximate surface area is 115 Å². The van der Waals surface area contributed by atoms with Crippen molar-refractivity contribution >= 4 is 15.7 Å². The fourth-order valence-corrected chi connectivity index (χ4v) is 3.21. The van der Waals surface area contributed by atoms with E-state index in [-0.39, 0.29) is 11.1 Å². The van der Waals surface area contributed by atoms with E-state index in [0.29, 0.717) is 12.2 Å². The van der Waals surface area contributed by atoms with Gasteiger partial charge >= 0.3 is 0 Å². The van der Waals surface area contributed by atoms with Crippen LogP contribution in [-0.4, -0.2) is 26.0 Å². The lowest BCUT2D eigenvalue weighted by Crippen LogP contribution is -2.33. The van der Waals surface area contributed by atoms with Crippen LogP contribution in [0.15, 0.2) is 23.4 Å². The first-order chi connectivity index (χ1) is 9.01. The van der Waals surface area contributed by atoms with E-state index in [2.05, 4.69) is 21.9 Å². The van der Waals surface area contributed by atoms with E-state index in [9.17, 15) is 8.42 Å². The van der Waals surface area contributed by atoms with Crippen LogP contribution in [0, 0.1) is 0 Å².